The van der Waals surface area contributed by atoms with Crippen LogP contribution < -0.4 is 5.73 Å². The van der Waals surface area contributed by atoms with Crippen molar-refractivity contribution in [3.05, 3.63) is 45.4 Å². The first-order chi connectivity index (χ1) is 9.56. The average molecular weight is 275 g/mol. The molecule has 0 unspecified atom stereocenters. The van der Waals surface area contributed by atoms with Crippen molar-refractivity contribution in [2.45, 2.75) is 33.2 Å². The molecular formula is C13H17N5O2. The van der Waals surface area contributed by atoms with Crippen LogP contribution >= 0.6 is 0 Å². The van der Waals surface area contributed by atoms with Gasteiger partial charge in [-0.2, -0.15) is 5.10 Å². The van der Waals surface area contributed by atoms with Gasteiger partial charge in [0.1, 0.15) is 17.2 Å². The number of aromatic nitrogens is 3. The van der Waals surface area contributed by atoms with Crippen LogP contribution in [-0.2, 0) is 19.4 Å². The summed E-state index contributed by atoms with van der Waals surface area (Å²) in [6.45, 7) is 4.21. The number of anilines is 1. The zero-order valence-electron chi connectivity index (χ0n) is 11.5. The van der Waals surface area contributed by atoms with Crippen LogP contribution in [0.5, 0.6) is 0 Å². The number of aryl methyl sites for hydroxylation is 1. The van der Waals surface area contributed by atoms with Crippen LogP contribution in [-0.4, -0.2) is 19.7 Å². The van der Waals surface area contributed by atoms with Crippen LogP contribution in [0.15, 0.2) is 18.3 Å². The lowest BCUT2D eigenvalue weighted by Crippen LogP contribution is -2.07. The Morgan fingerprint density at radius 3 is 2.60 bits per heavy atom. The topological polar surface area (TPSA) is 99.9 Å². The van der Waals surface area contributed by atoms with E-state index in [1.54, 1.807) is 16.9 Å². The molecule has 0 saturated carbocycles. The second kappa shape index (κ2) is 5.68. The lowest BCUT2D eigenvalue weighted by atomic mass is 10.2. The van der Waals surface area contributed by atoms with Crippen LogP contribution in [0.2, 0.25) is 0 Å². The average Bonchev–Trinajstić information content (AvgIpc) is 2.79. The summed E-state index contributed by atoms with van der Waals surface area (Å²) < 4.78 is 1.68. The van der Waals surface area contributed by atoms with Crippen molar-refractivity contribution in [1.82, 2.24) is 14.8 Å². The molecular weight excluding hydrogens is 258 g/mol. The van der Waals surface area contributed by atoms with Crippen molar-refractivity contribution in [3.8, 4) is 0 Å². The van der Waals surface area contributed by atoms with E-state index >= 15 is 0 Å². The molecule has 2 heterocycles. The normalized spacial score (nSPS) is 10.7. The fourth-order valence-electron chi connectivity index (χ4n) is 2.17. The third-order valence-corrected chi connectivity index (χ3v) is 3.13. The van der Waals surface area contributed by atoms with Gasteiger partial charge >= 0.3 is 5.69 Å². The molecule has 2 N–H and O–H groups in total. The van der Waals surface area contributed by atoms with E-state index in [4.69, 9.17) is 5.73 Å². The molecule has 0 radical (unpaired) electrons. The largest absolute Gasteiger partial charge is 0.384 e. The lowest BCUT2D eigenvalue weighted by Gasteiger charge is -2.05. The summed E-state index contributed by atoms with van der Waals surface area (Å²) in [7, 11) is 0. The van der Waals surface area contributed by atoms with Gasteiger partial charge in [-0.1, -0.05) is 19.9 Å². The molecule has 0 atom stereocenters. The SMILES string of the molecule is CCc1nn(Cc2ccc(N)nc2)c(CC)c1[N+](=O)[O-]. The molecule has 0 aliphatic heterocycles. The van der Waals surface area contributed by atoms with E-state index in [2.05, 4.69) is 10.1 Å². The fourth-order valence-corrected chi connectivity index (χ4v) is 2.17. The van der Waals surface area contributed by atoms with Crippen molar-refractivity contribution < 1.29 is 4.92 Å². The molecule has 0 fully saturated rings. The van der Waals surface area contributed by atoms with Crippen LogP contribution in [0.3, 0.4) is 0 Å². The van der Waals surface area contributed by atoms with Gasteiger partial charge in [0, 0.05) is 6.20 Å². The number of nitrogens with zero attached hydrogens (tertiary/aromatic N) is 4. The molecule has 0 amide bonds. The highest BCUT2D eigenvalue weighted by Gasteiger charge is 2.25. The van der Waals surface area contributed by atoms with Gasteiger partial charge in [-0.3, -0.25) is 14.8 Å². The van der Waals surface area contributed by atoms with Crippen molar-refractivity contribution in [2.75, 3.05) is 5.73 Å². The Hall–Kier alpha value is -2.44. The molecule has 7 nitrogen and oxygen atoms in total. The van der Waals surface area contributed by atoms with E-state index in [9.17, 15) is 10.1 Å². The van der Waals surface area contributed by atoms with E-state index < -0.39 is 0 Å². The van der Waals surface area contributed by atoms with Gasteiger partial charge in [0.25, 0.3) is 0 Å². The molecule has 0 aromatic carbocycles. The first-order valence-electron chi connectivity index (χ1n) is 6.50. The highest BCUT2D eigenvalue weighted by atomic mass is 16.6. The number of hydrogen-bond donors (Lipinski definition) is 1. The summed E-state index contributed by atoms with van der Waals surface area (Å²) in [4.78, 5) is 14.9. The smallest absolute Gasteiger partial charge is 0.313 e. The second-order valence-corrected chi connectivity index (χ2v) is 4.46. The summed E-state index contributed by atoms with van der Waals surface area (Å²) in [6.07, 6.45) is 2.76. The number of rotatable bonds is 5. The minimum atomic E-state index is -0.345. The van der Waals surface area contributed by atoms with Gasteiger partial charge in [0.05, 0.1) is 11.5 Å². The van der Waals surface area contributed by atoms with Gasteiger partial charge in [0.2, 0.25) is 0 Å². The summed E-state index contributed by atoms with van der Waals surface area (Å²) in [5.41, 5.74) is 7.76. The Bertz CT molecular complexity index is 618. The monoisotopic (exact) mass is 275 g/mol. The molecule has 0 bridgehead atoms. The third-order valence-electron chi connectivity index (χ3n) is 3.13. The van der Waals surface area contributed by atoms with Gasteiger partial charge < -0.3 is 5.73 Å². The zero-order valence-corrected chi connectivity index (χ0v) is 11.5. The van der Waals surface area contributed by atoms with Gasteiger partial charge in [-0.05, 0) is 24.5 Å². The number of nitrogens with two attached hydrogens (primary N) is 1. The highest BCUT2D eigenvalue weighted by molar-refractivity contribution is 5.42. The summed E-state index contributed by atoms with van der Waals surface area (Å²) in [6, 6.07) is 3.56. The first-order valence-corrected chi connectivity index (χ1v) is 6.50. The molecule has 0 spiro atoms. The Labute approximate surface area is 116 Å². The van der Waals surface area contributed by atoms with Crippen LogP contribution in [0.4, 0.5) is 11.5 Å². The van der Waals surface area contributed by atoms with E-state index in [1.165, 1.54) is 0 Å². The quantitative estimate of drug-likeness (QED) is 0.664. The summed E-state index contributed by atoms with van der Waals surface area (Å²) in [5, 5.41) is 15.5. The maximum absolute atomic E-state index is 11.2. The number of pyridine rings is 1. The van der Waals surface area contributed by atoms with Crippen LogP contribution in [0.25, 0.3) is 0 Å². The fraction of sp³-hybridized carbons (Fsp3) is 0.385. The molecule has 20 heavy (non-hydrogen) atoms. The molecule has 106 valence electrons. The molecule has 0 saturated heterocycles. The maximum Gasteiger partial charge on any atom is 0.313 e. The van der Waals surface area contributed by atoms with Crippen molar-refractivity contribution in [2.24, 2.45) is 0 Å². The summed E-state index contributed by atoms with van der Waals surface area (Å²) >= 11 is 0. The number of hydrogen-bond acceptors (Lipinski definition) is 5. The predicted molar refractivity (Wildman–Crippen MR) is 75.4 cm³/mol. The number of nitro groups is 1. The standard InChI is InChI=1S/C13H17N5O2/c1-3-10-13(18(19)20)11(4-2)17(16-10)8-9-5-6-12(14)15-7-9/h5-7H,3-4,8H2,1-2H3,(H2,14,15). The molecule has 2 rings (SSSR count). The Morgan fingerprint density at radius 2 is 2.10 bits per heavy atom. The Morgan fingerprint density at radius 1 is 1.35 bits per heavy atom. The van der Waals surface area contributed by atoms with Gasteiger partial charge in [-0.25, -0.2) is 4.98 Å². The molecule has 0 aliphatic carbocycles. The minimum Gasteiger partial charge on any atom is -0.384 e. The molecule has 7 heteroatoms. The van der Waals surface area contributed by atoms with E-state index in [0.29, 0.717) is 36.6 Å². The van der Waals surface area contributed by atoms with E-state index in [-0.39, 0.29) is 10.6 Å². The molecule has 0 aliphatic rings. The van der Waals surface area contributed by atoms with E-state index in [1.807, 2.05) is 19.9 Å². The Kier molecular flexibility index (Phi) is 3.97. The Balaban J connectivity index is 2.41. The van der Waals surface area contributed by atoms with Gasteiger partial charge in [0.15, 0.2) is 0 Å². The molecule has 2 aromatic rings. The van der Waals surface area contributed by atoms with Gasteiger partial charge in [-0.15, -0.1) is 0 Å². The van der Waals surface area contributed by atoms with Crippen molar-refractivity contribution in [1.29, 1.82) is 0 Å². The molecule has 2 aromatic heterocycles. The van der Waals surface area contributed by atoms with Crippen molar-refractivity contribution in [3.63, 3.8) is 0 Å². The highest BCUT2D eigenvalue weighted by Crippen LogP contribution is 2.25. The minimum absolute atomic E-state index is 0.137. The first kappa shape index (κ1) is 14.0. The van der Waals surface area contributed by atoms with Crippen LogP contribution in [0, 0.1) is 10.1 Å². The zero-order chi connectivity index (χ0) is 14.7. The second-order valence-electron chi connectivity index (χ2n) is 4.46. The lowest BCUT2D eigenvalue weighted by molar-refractivity contribution is -0.386. The summed E-state index contributed by atoms with van der Waals surface area (Å²) in [5.74, 6) is 0.449. The van der Waals surface area contributed by atoms with E-state index in [0.717, 1.165) is 5.56 Å². The maximum atomic E-state index is 11.2. The van der Waals surface area contributed by atoms with Crippen LogP contribution in [0.1, 0.15) is 30.8 Å². The number of nitrogen functional groups attached to an aromatic ring is 1. The van der Waals surface area contributed by atoms with Crippen molar-refractivity contribution >= 4 is 11.5 Å². The third kappa shape index (κ3) is 2.61. The predicted octanol–water partition coefficient (Wildman–Crippen LogP) is 1.94.